The Morgan fingerprint density at radius 1 is 1.10 bits per heavy atom. The molecule has 0 aliphatic carbocycles. The van der Waals surface area contributed by atoms with Crippen molar-refractivity contribution in [3.8, 4) is 0 Å². The maximum atomic E-state index is 12.8. The summed E-state index contributed by atoms with van der Waals surface area (Å²) in [6, 6.07) is 13.7. The number of aromatic nitrogens is 1. The number of oxazole rings is 1. The Kier molecular flexibility index (Phi) is 5.61. The number of rotatable bonds is 6. The highest BCUT2D eigenvalue weighted by atomic mass is 32.2. The fourth-order valence-corrected chi connectivity index (χ4v) is 4.60. The lowest BCUT2D eigenvalue weighted by atomic mass is 10.2. The van der Waals surface area contributed by atoms with E-state index in [1.165, 1.54) is 16.4 Å². The summed E-state index contributed by atoms with van der Waals surface area (Å²) >= 11 is 0. The molecule has 0 bridgehead atoms. The summed E-state index contributed by atoms with van der Waals surface area (Å²) in [5.41, 5.74) is 1.87. The molecule has 1 N–H and O–H groups in total. The SMILES string of the molecule is O=C(CCc1nc2ccccc2o1)Nc1cccc(S(=O)(=O)N2CCOCC2)c1. The van der Waals surface area contributed by atoms with Gasteiger partial charge in [0, 0.05) is 31.6 Å². The highest BCUT2D eigenvalue weighted by molar-refractivity contribution is 7.89. The summed E-state index contributed by atoms with van der Waals surface area (Å²) in [6.07, 6.45) is 0.527. The molecular weight excluding hydrogens is 394 g/mol. The van der Waals surface area contributed by atoms with E-state index in [1.54, 1.807) is 12.1 Å². The minimum atomic E-state index is -3.61. The summed E-state index contributed by atoms with van der Waals surface area (Å²) in [4.78, 5) is 16.8. The second-order valence-corrected chi connectivity index (χ2v) is 8.61. The number of nitrogens with one attached hydrogen (secondary N) is 1. The Labute approximate surface area is 168 Å². The molecule has 1 amide bonds. The molecule has 4 rings (SSSR count). The lowest BCUT2D eigenvalue weighted by Crippen LogP contribution is -2.40. The molecule has 1 saturated heterocycles. The molecule has 0 atom stereocenters. The number of hydrogen-bond acceptors (Lipinski definition) is 6. The number of hydrogen-bond donors (Lipinski definition) is 1. The zero-order chi connectivity index (χ0) is 20.3. The monoisotopic (exact) mass is 415 g/mol. The third-order valence-corrected chi connectivity index (χ3v) is 6.52. The number of benzene rings is 2. The normalized spacial score (nSPS) is 15.4. The molecule has 0 spiro atoms. The van der Waals surface area contributed by atoms with Gasteiger partial charge in [0.25, 0.3) is 0 Å². The van der Waals surface area contributed by atoms with Crippen molar-refractivity contribution in [3.63, 3.8) is 0 Å². The molecule has 0 radical (unpaired) electrons. The van der Waals surface area contributed by atoms with Gasteiger partial charge < -0.3 is 14.5 Å². The first-order chi connectivity index (χ1) is 14.0. The number of amides is 1. The highest BCUT2D eigenvalue weighted by Gasteiger charge is 2.26. The van der Waals surface area contributed by atoms with Crippen LogP contribution in [0.5, 0.6) is 0 Å². The molecule has 2 aromatic carbocycles. The topological polar surface area (TPSA) is 102 Å². The molecular formula is C20H21N3O5S. The van der Waals surface area contributed by atoms with Gasteiger partial charge in [0.15, 0.2) is 11.5 Å². The fourth-order valence-electron chi connectivity index (χ4n) is 3.14. The standard InChI is InChI=1S/C20H21N3O5S/c24-19(8-9-20-22-17-6-1-2-7-18(17)28-20)21-15-4-3-5-16(14-15)29(25,26)23-10-12-27-13-11-23/h1-7,14H,8-13H2,(H,21,24). The molecule has 1 aliphatic heterocycles. The number of carbonyl (C=O) groups excluding carboxylic acids is 1. The van der Waals surface area contributed by atoms with Crippen LogP contribution < -0.4 is 5.32 Å². The Morgan fingerprint density at radius 2 is 1.90 bits per heavy atom. The predicted molar refractivity (Wildman–Crippen MR) is 107 cm³/mol. The van der Waals surface area contributed by atoms with E-state index in [9.17, 15) is 13.2 Å². The fraction of sp³-hybridized carbons (Fsp3) is 0.300. The Balaban J connectivity index is 1.40. The van der Waals surface area contributed by atoms with Gasteiger partial charge in [0.1, 0.15) is 5.52 Å². The summed E-state index contributed by atoms with van der Waals surface area (Å²) in [7, 11) is -3.61. The Morgan fingerprint density at radius 3 is 2.69 bits per heavy atom. The van der Waals surface area contributed by atoms with E-state index in [2.05, 4.69) is 10.3 Å². The molecule has 152 valence electrons. The van der Waals surface area contributed by atoms with E-state index in [-0.39, 0.29) is 17.2 Å². The molecule has 1 aliphatic rings. The average molecular weight is 415 g/mol. The van der Waals surface area contributed by atoms with Crippen LogP contribution in [0.2, 0.25) is 0 Å². The molecule has 29 heavy (non-hydrogen) atoms. The van der Waals surface area contributed by atoms with E-state index in [0.29, 0.717) is 49.9 Å². The molecule has 1 aromatic heterocycles. The van der Waals surface area contributed by atoms with Crippen molar-refractivity contribution in [2.24, 2.45) is 0 Å². The number of para-hydroxylation sites is 2. The van der Waals surface area contributed by atoms with Crippen LogP contribution in [0.4, 0.5) is 5.69 Å². The smallest absolute Gasteiger partial charge is 0.243 e. The zero-order valence-corrected chi connectivity index (χ0v) is 16.5. The van der Waals surface area contributed by atoms with Gasteiger partial charge in [0.2, 0.25) is 15.9 Å². The predicted octanol–water partition coefficient (Wildman–Crippen LogP) is 2.42. The second kappa shape index (κ2) is 8.32. The number of nitrogens with zero attached hydrogens (tertiary/aromatic N) is 2. The van der Waals surface area contributed by atoms with Crippen LogP contribution >= 0.6 is 0 Å². The van der Waals surface area contributed by atoms with Crippen molar-refractivity contribution in [2.45, 2.75) is 17.7 Å². The minimum Gasteiger partial charge on any atom is -0.441 e. The molecule has 9 heteroatoms. The average Bonchev–Trinajstić information content (AvgIpc) is 3.16. The molecule has 1 fully saturated rings. The summed E-state index contributed by atoms with van der Waals surface area (Å²) in [5, 5.41) is 2.75. The summed E-state index contributed by atoms with van der Waals surface area (Å²) in [5.74, 6) is 0.248. The Hall–Kier alpha value is -2.75. The van der Waals surface area contributed by atoms with Crippen LogP contribution in [0.15, 0.2) is 57.8 Å². The molecule has 8 nitrogen and oxygen atoms in total. The third-order valence-electron chi connectivity index (χ3n) is 4.63. The van der Waals surface area contributed by atoms with Crippen LogP contribution in [0.25, 0.3) is 11.1 Å². The molecule has 0 saturated carbocycles. The van der Waals surface area contributed by atoms with Gasteiger partial charge >= 0.3 is 0 Å². The first-order valence-electron chi connectivity index (χ1n) is 9.35. The Bertz CT molecular complexity index is 1090. The van der Waals surface area contributed by atoms with Crippen LogP contribution in [-0.4, -0.2) is 49.9 Å². The zero-order valence-electron chi connectivity index (χ0n) is 15.7. The largest absolute Gasteiger partial charge is 0.441 e. The first-order valence-corrected chi connectivity index (χ1v) is 10.8. The van der Waals surface area contributed by atoms with Crippen molar-refractivity contribution < 1.29 is 22.4 Å². The molecule has 3 aromatic rings. The van der Waals surface area contributed by atoms with E-state index in [4.69, 9.17) is 9.15 Å². The number of ether oxygens (including phenoxy) is 1. The van der Waals surface area contributed by atoms with Crippen LogP contribution in [0.1, 0.15) is 12.3 Å². The summed E-state index contributed by atoms with van der Waals surface area (Å²) in [6.45, 7) is 1.41. The van der Waals surface area contributed by atoms with Gasteiger partial charge in [-0.05, 0) is 30.3 Å². The van der Waals surface area contributed by atoms with Crippen LogP contribution in [0, 0.1) is 0 Å². The van der Waals surface area contributed by atoms with E-state index >= 15 is 0 Å². The maximum absolute atomic E-state index is 12.8. The number of morpholine rings is 1. The number of sulfonamides is 1. The first kappa shape index (κ1) is 19.6. The number of anilines is 1. The minimum absolute atomic E-state index is 0.149. The van der Waals surface area contributed by atoms with Crippen molar-refractivity contribution in [3.05, 3.63) is 54.4 Å². The van der Waals surface area contributed by atoms with E-state index in [1.807, 2.05) is 24.3 Å². The van der Waals surface area contributed by atoms with Gasteiger partial charge in [0.05, 0.1) is 18.1 Å². The molecule has 0 unspecified atom stereocenters. The number of carbonyl (C=O) groups is 1. The third kappa shape index (κ3) is 4.47. The maximum Gasteiger partial charge on any atom is 0.243 e. The lowest BCUT2D eigenvalue weighted by Gasteiger charge is -2.26. The second-order valence-electron chi connectivity index (χ2n) is 6.67. The van der Waals surface area contributed by atoms with Gasteiger partial charge in [-0.3, -0.25) is 4.79 Å². The number of fused-ring (bicyclic) bond motifs is 1. The highest BCUT2D eigenvalue weighted by Crippen LogP contribution is 2.21. The van der Waals surface area contributed by atoms with Gasteiger partial charge in [-0.15, -0.1) is 0 Å². The number of aryl methyl sites for hydroxylation is 1. The molecule has 2 heterocycles. The van der Waals surface area contributed by atoms with Crippen molar-refractivity contribution in [1.82, 2.24) is 9.29 Å². The van der Waals surface area contributed by atoms with Crippen molar-refractivity contribution in [1.29, 1.82) is 0 Å². The van der Waals surface area contributed by atoms with Gasteiger partial charge in [-0.25, -0.2) is 13.4 Å². The van der Waals surface area contributed by atoms with E-state index in [0.717, 1.165) is 5.52 Å². The lowest BCUT2D eigenvalue weighted by molar-refractivity contribution is -0.116. The van der Waals surface area contributed by atoms with Crippen molar-refractivity contribution >= 4 is 32.7 Å². The summed E-state index contributed by atoms with van der Waals surface area (Å²) < 4.78 is 37.7. The van der Waals surface area contributed by atoms with Crippen LogP contribution in [-0.2, 0) is 26.0 Å². The van der Waals surface area contributed by atoms with Crippen molar-refractivity contribution in [2.75, 3.05) is 31.6 Å². The quantitative estimate of drug-likeness (QED) is 0.663. The van der Waals surface area contributed by atoms with Gasteiger partial charge in [-0.1, -0.05) is 18.2 Å². The van der Waals surface area contributed by atoms with Crippen LogP contribution in [0.3, 0.4) is 0 Å². The van der Waals surface area contributed by atoms with E-state index < -0.39 is 10.0 Å². The van der Waals surface area contributed by atoms with Gasteiger partial charge in [-0.2, -0.15) is 4.31 Å².